The van der Waals surface area contributed by atoms with Crippen molar-refractivity contribution in [3.05, 3.63) is 268 Å². The molecule has 0 spiro atoms. The number of halogens is 2. The van der Waals surface area contributed by atoms with Crippen molar-refractivity contribution in [2.75, 3.05) is 66.7 Å². The summed E-state index contributed by atoms with van der Waals surface area (Å²) in [6, 6.07) is 68.6. The second kappa shape index (κ2) is 37.6. The first-order valence-electron chi connectivity index (χ1n) is 28.5. The van der Waals surface area contributed by atoms with E-state index in [1.165, 1.54) is 23.6 Å². The van der Waals surface area contributed by atoms with E-state index in [0.29, 0.717) is 40.9 Å². The summed E-state index contributed by atoms with van der Waals surface area (Å²) in [5, 5.41) is 0.292. The normalized spacial score (nSPS) is 12.5. The van der Waals surface area contributed by atoms with Crippen molar-refractivity contribution in [3.8, 4) is 0 Å². The molecule has 468 valence electrons. The van der Waals surface area contributed by atoms with E-state index in [2.05, 4.69) is 40.5 Å². The Morgan fingerprint density at radius 2 is 0.901 bits per heavy atom. The molecule has 0 radical (unpaired) electrons. The number of fused-ring (bicyclic) bond motifs is 3. The van der Waals surface area contributed by atoms with Gasteiger partial charge in [0, 0.05) is 56.6 Å². The second-order valence-electron chi connectivity index (χ2n) is 19.8. The number of benzodiazepines with no additional fused rings is 2. The van der Waals surface area contributed by atoms with Gasteiger partial charge >= 0.3 is 11.9 Å². The van der Waals surface area contributed by atoms with Crippen LogP contribution in [-0.2, 0) is 49.6 Å². The minimum absolute atomic E-state index is 0. The highest BCUT2D eigenvalue weighted by atomic mass is 79.9. The van der Waals surface area contributed by atoms with Crippen LogP contribution in [0, 0.1) is 0 Å². The summed E-state index contributed by atoms with van der Waals surface area (Å²) in [6.07, 6.45) is 0.482. The van der Waals surface area contributed by atoms with E-state index in [9.17, 15) is 38.4 Å². The molecule has 8 aromatic rings. The predicted octanol–water partition coefficient (Wildman–Crippen LogP) is 9.80. The Hall–Kier alpha value is -10.2. The molecule has 0 aliphatic carbocycles. The number of ether oxygens (including phenoxy) is 1. The van der Waals surface area contributed by atoms with Crippen molar-refractivity contribution in [1.82, 2.24) is 0 Å². The van der Waals surface area contributed by atoms with Gasteiger partial charge in [0.05, 0.1) is 54.8 Å². The van der Waals surface area contributed by atoms with Gasteiger partial charge in [0.15, 0.2) is 11.6 Å². The Labute approximate surface area is 543 Å². The molecule has 91 heavy (non-hydrogen) atoms. The van der Waals surface area contributed by atoms with Crippen molar-refractivity contribution >= 4 is 109 Å². The number of nitrogens with two attached hydrogens (primary N) is 3. The molecule has 18 nitrogen and oxygen atoms in total. The zero-order valence-corrected chi connectivity index (χ0v) is 52.9. The fourth-order valence-electron chi connectivity index (χ4n) is 9.06. The quantitative estimate of drug-likeness (QED) is 0.0338. The van der Waals surface area contributed by atoms with Gasteiger partial charge in [-0.05, 0) is 50.6 Å². The second-order valence-corrected chi connectivity index (χ2v) is 20.3. The number of amides is 2. The number of alkyl halides is 1. The van der Waals surface area contributed by atoms with Crippen molar-refractivity contribution in [1.29, 1.82) is 0 Å². The molecule has 3 heterocycles. The zero-order valence-electron chi connectivity index (χ0n) is 50.5. The Morgan fingerprint density at radius 3 is 1.33 bits per heavy atom. The minimum Gasteiger partial charge on any atom is -0.465 e. The molecule has 8 aromatic carbocycles. The van der Waals surface area contributed by atoms with Crippen molar-refractivity contribution in [2.45, 2.75) is 27.2 Å². The number of nitrogens with zero attached hydrogens (tertiary/aromatic N) is 5. The number of Topliss-reactive ketones (excluding diaryl/α,β-unsaturated/α-hetero) is 3. The highest BCUT2D eigenvalue weighted by molar-refractivity contribution is 9.09. The summed E-state index contributed by atoms with van der Waals surface area (Å²) in [7, 11) is 0. The molecule has 2 amide bonds. The van der Waals surface area contributed by atoms with Crippen LogP contribution >= 0.6 is 28.3 Å². The molecule has 6 N–H and O–H groups in total. The summed E-state index contributed by atoms with van der Waals surface area (Å²) >= 11 is 2.94. The van der Waals surface area contributed by atoms with E-state index in [1.54, 1.807) is 43.3 Å². The largest absolute Gasteiger partial charge is 0.465 e. The zero-order chi connectivity index (χ0) is 64.8. The van der Waals surface area contributed by atoms with Gasteiger partial charge < -0.3 is 25.9 Å². The first kappa shape index (κ1) is 71.6. The van der Waals surface area contributed by atoms with Crippen LogP contribution in [0.4, 0.5) is 17.1 Å². The van der Waals surface area contributed by atoms with Crippen LogP contribution in [0.3, 0.4) is 0 Å². The van der Waals surface area contributed by atoms with Gasteiger partial charge in [0.25, 0.3) is 0 Å². The lowest BCUT2D eigenvalue weighted by atomic mass is 9.96. The number of hydrogen-bond donors (Lipinski definition) is 3. The average Bonchev–Trinajstić information content (AvgIpc) is 2.75. The lowest BCUT2D eigenvalue weighted by Crippen LogP contribution is -2.38. The van der Waals surface area contributed by atoms with E-state index >= 15 is 0 Å². The van der Waals surface area contributed by atoms with Crippen molar-refractivity contribution < 1.29 is 47.9 Å². The van der Waals surface area contributed by atoms with Crippen LogP contribution in [0.15, 0.2) is 233 Å². The lowest BCUT2D eigenvalue weighted by Gasteiger charge is -2.21. The molecule has 0 saturated heterocycles. The molecular formula is C71H70BrClN8O10. The monoisotopic (exact) mass is 1310 g/mol. The Bertz CT molecular complexity index is 3870. The first-order chi connectivity index (χ1) is 43.6. The van der Waals surface area contributed by atoms with Crippen LogP contribution in [0.25, 0.3) is 0 Å². The van der Waals surface area contributed by atoms with Gasteiger partial charge in [-0.1, -0.05) is 210 Å². The van der Waals surface area contributed by atoms with Crippen LogP contribution in [0.2, 0.25) is 0 Å². The Morgan fingerprint density at radius 1 is 0.505 bits per heavy atom. The molecule has 0 atom stereocenters. The van der Waals surface area contributed by atoms with Gasteiger partial charge in [-0.25, -0.2) is 4.79 Å². The number of rotatable bonds is 12. The molecular weight excluding hydrogens is 1240 g/mol. The lowest BCUT2D eigenvalue weighted by molar-refractivity contribution is -0.143. The Balaban J connectivity index is 0.000000209. The number of ketones is 4. The van der Waals surface area contributed by atoms with Gasteiger partial charge in [-0.3, -0.25) is 53.4 Å². The molecule has 0 saturated carbocycles. The summed E-state index contributed by atoms with van der Waals surface area (Å²) < 4.78 is 4.51. The molecule has 0 bridgehead atoms. The molecule has 3 aliphatic heterocycles. The third kappa shape index (κ3) is 21.5. The van der Waals surface area contributed by atoms with Gasteiger partial charge in [-0.15, -0.1) is 12.4 Å². The van der Waals surface area contributed by atoms with Crippen LogP contribution in [-0.4, -0.2) is 115 Å². The summed E-state index contributed by atoms with van der Waals surface area (Å²) in [5.74, 6) is 3.69. The standard InChI is InChI=1S/C18H16N2O2.C17H15N3O3.C16H13NO.C13H11NO.C4H7BrO2.C3H7NO.ClH/c1-13(21)12-20-16-10-6-5-9-15(16)18(19-11-17(20)22)14-7-3-2-4-8-14;18-23-16(22)11-20-14-9-5-4-8-13(14)17(19-10-15(20)21)12-6-2-1-3-7-12;18-14-10-13-8-4-5-9-15(13)16(17-11-14)12-6-2-1-3-7-12;14-12-9-5-4-8-11(12)13(15)10-6-2-1-3-7-10;1-2-7-4(6)3-5;1-3(5)2-4;/h2-10H,11-12H2,1H3;1-9H,10-11,18H2;1-9H,10-11H2;1-9H,14H2;2-3H2,1H3;2,4H2,1H3;1H. The van der Waals surface area contributed by atoms with E-state index in [4.69, 9.17) is 17.4 Å². The number of hydrogen-bond acceptors (Lipinski definition) is 16. The molecule has 0 fully saturated rings. The topological polar surface area (TPSA) is 277 Å². The maximum atomic E-state index is 12.4. The first-order valence-corrected chi connectivity index (χ1v) is 29.6. The van der Waals surface area contributed by atoms with E-state index < -0.39 is 5.97 Å². The maximum absolute atomic E-state index is 12.4. The predicted molar refractivity (Wildman–Crippen MR) is 363 cm³/mol. The van der Waals surface area contributed by atoms with Crippen LogP contribution < -0.4 is 27.2 Å². The third-order valence-corrected chi connectivity index (χ3v) is 13.7. The Kier molecular flexibility index (Phi) is 29.6. The van der Waals surface area contributed by atoms with Crippen LogP contribution in [0.1, 0.15) is 75.6 Å². The highest BCUT2D eigenvalue weighted by Crippen LogP contribution is 2.29. The van der Waals surface area contributed by atoms with E-state index in [1.807, 2.05) is 182 Å². The fourth-order valence-corrected chi connectivity index (χ4v) is 9.22. The molecule has 20 heteroatoms. The molecule has 11 rings (SSSR count). The maximum Gasteiger partial charge on any atom is 0.344 e. The number of nitrogen functional groups attached to an aromatic ring is 1. The van der Waals surface area contributed by atoms with Crippen molar-refractivity contribution in [2.24, 2.45) is 26.6 Å². The molecule has 0 unspecified atom stereocenters. The summed E-state index contributed by atoms with van der Waals surface area (Å²) in [4.78, 5) is 112. The SMILES string of the molecule is CC(=O)CN.CC(=O)CN1C(=O)CN=C(c2ccccc2)c2ccccc21.CCOC(=O)CBr.Cl.NOC(=O)CN1C(=O)CN=C(c2ccccc2)c2ccccc21.Nc1ccccc1C(=O)c1ccccc1.O=C1CN=C(c2ccccc2)c2ccccc2C1. The smallest absolute Gasteiger partial charge is 0.344 e. The number of anilines is 3. The average molecular weight is 1310 g/mol. The minimum atomic E-state index is -0.684. The number of esters is 1. The molecule has 0 aromatic heterocycles. The summed E-state index contributed by atoms with van der Waals surface area (Å²) in [5.41, 5.74) is 22.8. The van der Waals surface area contributed by atoms with E-state index in [-0.39, 0.29) is 92.6 Å². The van der Waals surface area contributed by atoms with Gasteiger partial charge in [-0.2, -0.15) is 5.90 Å². The number of carbonyl (C=O) groups is 8. The molecule has 3 aliphatic rings. The van der Waals surface area contributed by atoms with Crippen LogP contribution in [0.5, 0.6) is 0 Å². The van der Waals surface area contributed by atoms with Gasteiger partial charge in [0.2, 0.25) is 11.8 Å². The van der Waals surface area contributed by atoms with E-state index in [0.717, 1.165) is 61.8 Å². The van der Waals surface area contributed by atoms with Crippen molar-refractivity contribution in [3.63, 3.8) is 0 Å². The number of aliphatic imine (C=N–C) groups is 3. The highest BCUT2D eigenvalue weighted by Gasteiger charge is 2.28. The number of benzene rings is 8. The fraction of sp³-hybridized carbons (Fsp3) is 0.169. The van der Waals surface area contributed by atoms with Gasteiger partial charge in [0.1, 0.15) is 36.5 Å². The third-order valence-electron chi connectivity index (χ3n) is 13.2. The number of carbonyl (C=O) groups excluding carboxylic acids is 8. The number of para-hydroxylation sites is 3. The summed E-state index contributed by atoms with van der Waals surface area (Å²) in [6.45, 7) is 5.46.